The van der Waals surface area contributed by atoms with E-state index in [0.717, 1.165) is 10.6 Å². The Bertz CT molecular complexity index is 519. The Balaban J connectivity index is 2.25. The van der Waals surface area contributed by atoms with Gasteiger partial charge in [0.05, 0.1) is 11.1 Å². The number of pyridine rings is 2. The van der Waals surface area contributed by atoms with Crippen molar-refractivity contribution in [1.82, 2.24) is 9.97 Å². The zero-order valence-electron chi connectivity index (χ0n) is 9.17. The molecule has 1 atom stereocenters. The van der Waals surface area contributed by atoms with Crippen LogP contribution in [0.4, 0.5) is 0 Å². The summed E-state index contributed by atoms with van der Waals surface area (Å²) in [4.78, 5) is 8.39. The minimum atomic E-state index is -0.503. The minimum Gasteiger partial charge on any atom is -0.389 e. The van der Waals surface area contributed by atoms with Gasteiger partial charge in [-0.2, -0.15) is 0 Å². The van der Waals surface area contributed by atoms with Crippen molar-refractivity contribution >= 4 is 23.4 Å². The zero-order valence-corrected chi connectivity index (χ0v) is 10.7. The van der Waals surface area contributed by atoms with Crippen LogP contribution in [-0.4, -0.2) is 15.1 Å². The molecule has 2 aromatic heterocycles. The lowest BCUT2D eigenvalue weighted by molar-refractivity contribution is 0.199. The van der Waals surface area contributed by atoms with Gasteiger partial charge in [-0.3, -0.25) is 0 Å². The smallest absolute Gasteiger partial charge is 0.121 e. The average Bonchev–Trinajstić information content (AvgIpc) is 2.32. The summed E-state index contributed by atoms with van der Waals surface area (Å²) < 4.78 is 0. The largest absolute Gasteiger partial charge is 0.389 e. The van der Waals surface area contributed by atoms with Gasteiger partial charge in [0.25, 0.3) is 0 Å². The predicted molar refractivity (Wildman–Crippen MR) is 68.2 cm³/mol. The maximum Gasteiger partial charge on any atom is 0.121 e. The van der Waals surface area contributed by atoms with Crippen molar-refractivity contribution in [2.45, 2.75) is 23.1 Å². The molecule has 1 N–H and O–H groups in total. The highest BCUT2D eigenvalue weighted by Gasteiger charge is 2.07. The van der Waals surface area contributed by atoms with Gasteiger partial charge in [0.2, 0.25) is 0 Å². The molecule has 0 amide bonds. The number of hydrogen-bond donors (Lipinski definition) is 1. The van der Waals surface area contributed by atoms with Gasteiger partial charge in [0.15, 0.2) is 0 Å². The van der Waals surface area contributed by atoms with Crippen LogP contribution in [0.5, 0.6) is 0 Å². The highest BCUT2D eigenvalue weighted by Crippen LogP contribution is 2.30. The summed E-state index contributed by atoms with van der Waals surface area (Å²) in [6.45, 7) is 1.72. The molecule has 0 aliphatic heterocycles. The monoisotopic (exact) mass is 266 g/mol. The first kappa shape index (κ1) is 12.4. The molecular formula is C12H11ClN2OS. The van der Waals surface area contributed by atoms with Crippen molar-refractivity contribution in [3.05, 3.63) is 47.2 Å². The van der Waals surface area contributed by atoms with Crippen LogP contribution in [0.15, 0.2) is 46.7 Å². The van der Waals surface area contributed by atoms with Crippen LogP contribution in [0.25, 0.3) is 0 Å². The van der Waals surface area contributed by atoms with E-state index in [0.29, 0.717) is 10.0 Å². The quantitative estimate of drug-likeness (QED) is 0.926. The number of nitrogens with zero attached hydrogens (tertiary/aromatic N) is 2. The van der Waals surface area contributed by atoms with Crippen LogP contribution < -0.4 is 0 Å². The molecule has 2 heterocycles. The summed E-state index contributed by atoms with van der Waals surface area (Å²) in [5.41, 5.74) is 0.828. The summed E-state index contributed by atoms with van der Waals surface area (Å²) in [5, 5.41) is 11.6. The van der Waals surface area contributed by atoms with E-state index in [4.69, 9.17) is 11.6 Å². The molecule has 88 valence electrons. The van der Waals surface area contributed by atoms with E-state index in [1.165, 1.54) is 11.8 Å². The highest BCUT2D eigenvalue weighted by atomic mass is 35.5. The number of aliphatic hydroxyl groups is 1. The Morgan fingerprint density at radius 3 is 2.82 bits per heavy atom. The third-order valence-electron chi connectivity index (χ3n) is 2.17. The van der Waals surface area contributed by atoms with Gasteiger partial charge < -0.3 is 5.11 Å². The van der Waals surface area contributed by atoms with Crippen molar-refractivity contribution in [1.29, 1.82) is 0 Å². The maximum atomic E-state index is 9.49. The molecule has 3 nitrogen and oxygen atoms in total. The lowest BCUT2D eigenvalue weighted by Gasteiger charge is -2.06. The van der Waals surface area contributed by atoms with E-state index >= 15 is 0 Å². The molecule has 0 saturated heterocycles. The molecule has 17 heavy (non-hydrogen) atoms. The average molecular weight is 267 g/mol. The van der Waals surface area contributed by atoms with Crippen LogP contribution in [-0.2, 0) is 0 Å². The van der Waals surface area contributed by atoms with Gasteiger partial charge in [-0.05, 0) is 48.5 Å². The second-order valence-electron chi connectivity index (χ2n) is 3.50. The second-order valence-corrected chi connectivity index (χ2v) is 4.91. The number of aliphatic hydroxyl groups excluding tert-OH is 1. The number of halogens is 1. The molecule has 5 heteroatoms. The van der Waals surface area contributed by atoms with Crippen molar-refractivity contribution in [3.63, 3.8) is 0 Å². The predicted octanol–water partition coefficient (Wildman–Crippen LogP) is 3.33. The number of rotatable bonds is 3. The molecule has 0 radical (unpaired) electrons. The number of hydrogen-bond acceptors (Lipinski definition) is 4. The van der Waals surface area contributed by atoms with Crippen molar-refractivity contribution in [3.8, 4) is 0 Å². The molecule has 0 bridgehead atoms. The standard InChI is InChI=1S/C12H11ClN2OS/c1-8(16)9-4-6-14-11(7-9)17-12-10(13)3-2-5-15-12/h2-8,16H,1H3/t8-/m0/s1. The van der Waals surface area contributed by atoms with E-state index in [-0.39, 0.29) is 0 Å². The third-order valence-corrected chi connectivity index (χ3v) is 3.54. The van der Waals surface area contributed by atoms with Crippen LogP contribution in [0.1, 0.15) is 18.6 Å². The van der Waals surface area contributed by atoms with E-state index < -0.39 is 6.10 Å². The molecule has 0 saturated carbocycles. The first-order valence-electron chi connectivity index (χ1n) is 5.09. The molecular weight excluding hydrogens is 256 g/mol. The van der Waals surface area contributed by atoms with Gasteiger partial charge in [-0.25, -0.2) is 9.97 Å². The summed E-state index contributed by atoms with van der Waals surface area (Å²) in [5.74, 6) is 0. The first-order chi connectivity index (χ1) is 8.16. The Morgan fingerprint density at radius 1 is 1.29 bits per heavy atom. The van der Waals surface area contributed by atoms with E-state index in [2.05, 4.69) is 9.97 Å². The molecule has 0 aliphatic carbocycles. The van der Waals surface area contributed by atoms with Gasteiger partial charge in [-0.15, -0.1) is 0 Å². The van der Waals surface area contributed by atoms with E-state index in [1.807, 2.05) is 6.07 Å². The number of aromatic nitrogens is 2. The minimum absolute atomic E-state index is 0.503. The lowest BCUT2D eigenvalue weighted by Crippen LogP contribution is -1.92. The van der Waals surface area contributed by atoms with Gasteiger partial charge in [-0.1, -0.05) is 11.6 Å². The summed E-state index contributed by atoms with van der Waals surface area (Å²) in [7, 11) is 0. The van der Waals surface area contributed by atoms with Gasteiger partial charge >= 0.3 is 0 Å². The van der Waals surface area contributed by atoms with Crippen molar-refractivity contribution in [2.75, 3.05) is 0 Å². The van der Waals surface area contributed by atoms with Crippen molar-refractivity contribution in [2.24, 2.45) is 0 Å². The van der Waals surface area contributed by atoms with E-state index in [1.54, 1.807) is 37.5 Å². The zero-order chi connectivity index (χ0) is 12.3. The Labute approximate surface area is 109 Å². The SMILES string of the molecule is C[C@H](O)c1ccnc(Sc2ncccc2Cl)c1. The topological polar surface area (TPSA) is 46.0 Å². The fraction of sp³-hybridized carbons (Fsp3) is 0.167. The molecule has 0 fully saturated rings. The van der Waals surface area contributed by atoms with Gasteiger partial charge in [0.1, 0.15) is 10.1 Å². The van der Waals surface area contributed by atoms with Crippen LogP contribution in [0, 0.1) is 0 Å². The fourth-order valence-corrected chi connectivity index (χ4v) is 2.31. The molecule has 0 aliphatic rings. The van der Waals surface area contributed by atoms with E-state index in [9.17, 15) is 5.11 Å². The highest BCUT2D eigenvalue weighted by molar-refractivity contribution is 7.99. The summed E-state index contributed by atoms with van der Waals surface area (Å²) in [6, 6.07) is 7.19. The molecule has 0 aromatic carbocycles. The molecule has 2 rings (SSSR count). The van der Waals surface area contributed by atoms with Crippen LogP contribution in [0.2, 0.25) is 5.02 Å². The van der Waals surface area contributed by atoms with Crippen LogP contribution in [0.3, 0.4) is 0 Å². The maximum absolute atomic E-state index is 9.49. The summed E-state index contributed by atoms with van der Waals surface area (Å²) in [6.07, 6.45) is 2.85. The van der Waals surface area contributed by atoms with Crippen molar-refractivity contribution < 1.29 is 5.11 Å². The Morgan fingerprint density at radius 2 is 2.12 bits per heavy atom. The fourth-order valence-electron chi connectivity index (χ4n) is 1.29. The molecule has 0 unspecified atom stereocenters. The lowest BCUT2D eigenvalue weighted by atomic mass is 10.2. The van der Waals surface area contributed by atoms with Gasteiger partial charge in [0, 0.05) is 12.4 Å². The third kappa shape index (κ3) is 3.19. The first-order valence-corrected chi connectivity index (χ1v) is 6.28. The Kier molecular flexibility index (Phi) is 3.99. The normalized spacial score (nSPS) is 12.4. The Hall–Kier alpha value is -1.10. The summed E-state index contributed by atoms with van der Waals surface area (Å²) >= 11 is 7.40. The second kappa shape index (κ2) is 5.49. The van der Waals surface area contributed by atoms with Crippen LogP contribution >= 0.6 is 23.4 Å². The molecule has 2 aromatic rings. The molecule has 0 spiro atoms.